The second-order valence-corrected chi connectivity index (χ2v) is 6.73. The number of rotatable bonds is 3. The minimum absolute atomic E-state index is 0.0244. The molecule has 0 N–H and O–H groups in total. The number of nitrogens with zero attached hydrogens (tertiary/aromatic N) is 2. The number of carbonyl (C=O) groups is 1. The quantitative estimate of drug-likeness (QED) is 0.775. The Morgan fingerprint density at radius 1 is 1.57 bits per heavy atom. The molecular weight excluding hydrogens is 343 g/mol. The third-order valence-corrected chi connectivity index (χ3v) is 3.54. The van der Waals surface area contributed by atoms with Gasteiger partial charge in [0.1, 0.15) is 18.0 Å². The van der Waals surface area contributed by atoms with E-state index in [0.29, 0.717) is 18.9 Å². The largest absolute Gasteiger partial charge is 0.490 e. The summed E-state index contributed by atoms with van der Waals surface area (Å²) in [6, 6.07) is 1.49. The zero-order valence-corrected chi connectivity index (χ0v) is 13.8. The molecule has 5 nitrogen and oxygen atoms in total. The molecule has 1 aromatic rings. The van der Waals surface area contributed by atoms with Crippen molar-refractivity contribution in [2.24, 2.45) is 0 Å². The molecule has 21 heavy (non-hydrogen) atoms. The van der Waals surface area contributed by atoms with Crippen LogP contribution in [0.5, 0.6) is 5.75 Å². The molecule has 0 spiro atoms. The number of hydrogen-bond acceptors (Lipinski definition) is 4. The predicted octanol–water partition coefficient (Wildman–Crippen LogP) is 3.37. The van der Waals surface area contributed by atoms with E-state index in [1.165, 1.54) is 12.3 Å². The van der Waals surface area contributed by atoms with Crippen molar-refractivity contribution in [1.82, 2.24) is 9.88 Å². The van der Waals surface area contributed by atoms with Crippen LogP contribution in [0.25, 0.3) is 0 Å². The van der Waals surface area contributed by atoms with Gasteiger partial charge in [0.05, 0.1) is 16.7 Å². The lowest BCUT2D eigenvalue weighted by atomic mass is 10.1. The molecule has 1 aliphatic rings. The Morgan fingerprint density at radius 2 is 2.29 bits per heavy atom. The molecule has 7 heteroatoms. The molecule has 116 valence electrons. The fraction of sp³-hybridized carbons (Fsp3) is 0.571. The Labute approximate surface area is 131 Å². The van der Waals surface area contributed by atoms with Gasteiger partial charge in [0.15, 0.2) is 0 Å². The van der Waals surface area contributed by atoms with E-state index in [0.717, 1.165) is 6.42 Å². The maximum atomic E-state index is 13.0. The monoisotopic (exact) mass is 360 g/mol. The van der Waals surface area contributed by atoms with Gasteiger partial charge in [-0.25, -0.2) is 9.78 Å². The van der Waals surface area contributed by atoms with Crippen LogP contribution >= 0.6 is 15.9 Å². The fourth-order valence-corrected chi connectivity index (χ4v) is 2.18. The van der Waals surface area contributed by atoms with E-state index in [2.05, 4.69) is 20.9 Å². The van der Waals surface area contributed by atoms with E-state index in [-0.39, 0.29) is 16.6 Å². The molecule has 1 amide bonds. The highest BCUT2D eigenvalue weighted by atomic mass is 79.9. The molecule has 1 aromatic heterocycles. The zero-order valence-electron chi connectivity index (χ0n) is 12.2. The highest BCUT2D eigenvalue weighted by Gasteiger charge is 2.35. The van der Waals surface area contributed by atoms with E-state index >= 15 is 0 Å². The predicted molar refractivity (Wildman–Crippen MR) is 78.7 cm³/mol. The van der Waals surface area contributed by atoms with Crippen molar-refractivity contribution in [3.05, 3.63) is 22.7 Å². The molecule has 1 fully saturated rings. The van der Waals surface area contributed by atoms with Gasteiger partial charge in [-0.2, -0.15) is 4.39 Å². The standard InChI is InChI=1S/C14H18BrFN2O3/c1-14(2,3)21-13(19)18-5-4-9(18)8-20-10-6-11(15)12(16)17-7-10/h6-7,9H,4-5,8H2,1-3H3/t9-/m0/s1. The van der Waals surface area contributed by atoms with E-state index in [1.54, 1.807) is 4.90 Å². The first kappa shape index (κ1) is 16.0. The second kappa shape index (κ2) is 6.17. The lowest BCUT2D eigenvalue weighted by molar-refractivity contribution is -0.0141. The summed E-state index contributed by atoms with van der Waals surface area (Å²) in [5.74, 6) is -0.124. The van der Waals surface area contributed by atoms with E-state index in [4.69, 9.17) is 9.47 Å². The average Bonchev–Trinajstić information content (AvgIpc) is 2.30. The average molecular weight is 361 g/mol. The molecule has 1 saturated heterocycles. The lowest BCUT2D eigenvalue weighted by Crippen LogP contribution is -2.55. The van der Waals surface area contributed by atoms with Gasteiger partial charge in [-0.1, -0.05) is 0 Å². The van der Waals surface area contributed by atoms with Crippen LogP contribution in [0, 0.1) is 5.95 Å². The molecule has 0 aliphatic carbocycles. The minimum Gasteiger partial charge on any atom is -0.490 e. The van der Waals surface area contributed by atoms with E-state index in [9.17, 15) is 9.18 Å². The summed E-state index contributed by atoms with van der Waals surface area (Å²) in [5.41, 5.74) is -0.510. The van der Waals surface area contributed by atoms with Crippen LogP contribution in [0.4, 0.5) is 9.18 Å². The molecule has 0 unspecified atom stereocenters. The van der Waals surface area contributed by atoms with Crippen molar-refractivity contribution in [1.29, 1.82) is 0 Å². The van der Waals surface area contributed by atoms with Crippen LogP contribution in [-0.4, -0.2) is 40.8 Å². The van der Waals surface area contributed by atoms with Crippen molar-refractivity contribution < 1.29 is 18.7 Å². The van der Waals surface area contributed by atoms with Crippen molar-refractivity contribution in [2.75, 3.05) is 13.2 Å². The second-order valence-electron chi connectivity index (χ2n) is 5.87. The van der Waals surface area contributed by atoms with Crippen LogP contribution in [0.2, 0.25) is 0 Å². The highest BCUT2D eigenvalue weighted by Crippen LogP contribution is 2.24. The van der Waals surface area contributed by atoms with Gasteiger partial charge < -0.3 is 14.4 Å². The van der Waals surface area contributed by atoms with Gasteiger partial charge >= 0.3 is 6.09 Å². The third-order valence-electron chi connectivity index (χ3n) is 2.99. The number of hydrogen-bond donors (Lipinski definition) is 0. The Bertz CT molecular complexity index is 533. The van der Waals surface area contributed by atoms with Gasteiger partial charge in [0.25, 0.3) is 0 Å². The SMILES string of the molecule is CC(C)(C)OC(=O)N1CC[C@H]1COc1cnc(F)c(Br)c1. The Kier molecular flexibility index (Phi) is 4.70. The Morgan fingerprint density at radius 3 is 2.81 bits per heavy atom. The summed E-state index contributed by atoms with van der Waals surface area (Å²) < 4.78 is 24.1. The molecule has 0 bridgehead atoms. The molecule has 0 radical (unpaired) electrons. The van der Waals surface area contributed by atoms with Crippen molar-refractivity contribution >= 4 is 22.0 Å². The van der Waals surface area contributed by atoms with Gasteiger partial charge in [-0.3, -0.25) is 0 Å². The maximum absolute atomic E-state index is 13.0. The number of ether oxygens (including phenoxy) is 2. The lowest BCUT2D eigenvalue weighted by Gasteiger charge is -2.40. The Balaban J connectivity index is 1.86. The first-order valence-electron chi connectivity index (χ1n) is 6.70. The molecular formula is C14H18BrFN2O3. The number of halogens is 2. The molecule has 0 saturated carbocycles. The summed E-state index contributed by atoms with van der Waals surface area (Å²) in [7, 11) is 0. The molecule has 1 atom stereocenters. The van der Waals surface area contributed by atoms with E-state index < -0.39 is 11.5 Å². The smallest absolute Gasteiger partial charge is 0.410 e. The van der Waals surface area contributed by atoms with Crippen molar-refractivity contribution in [3.63, 3.8) is 0 Å². The summed E-state index contributed by atoms with van der Waals surface area (Å²) in [5, 5.41) is 0. The Hall–Kier alpha value is -1.37. The summed E-state index contributed by atoms with van der Waals surface area (Å²) in [4.78, 5) is 17.1. The first-order valence-corrected chi connectivity index (χ1v) is 7.49. The van der Waals surface area contributed by atoms with Crippen LogP contribution in [0.3, 0.4) is 0 Å². The highest BCUT2D eigenvalue weighted by molar-refractivity contribution is 9.10. The fourth-order valence-electron chi connectivity index (χ4n) is 1.85. The first-order chi connectivity index (χ1) is 9.76. The van der Waals surface area contributed by atoms with Crippen LogP contribution in [0.1, 0.15) is 27.2 Å². The molecule has 0 aromatic carbocycles. The number of carbonyl (C=O) groups excluding carboxylic acids is 1. The minimum atomic E-state index is -0.582. The summed E-state index contributed by atoms with van der Waals surface area (Å²) >= 11 is 3.05. The zero-order chi connectivity index (χ0) is 15.6. The van der Waals surface area contributed by atoms with Gasteiger partial charge in [-0.05, 0) is 43.1 Å². The van der Waals surface area contributed by atoms with Gasteiger partial charge in [0.2, 0.25) is 5.95 Å². The van der Waals surface area contributed by atoms with E-state index in [1.807, 2.05) is 20.8 Å². The maximum Gasteiger partial charge on any atom is 0.410 e. The van der Waals surface area contributed by atoms with Crippen LogP contribution in [-0.2, 0) is 4.74 Å². The molecule has 2 heterocycles. The number of likely N-dealkylation sites (tertiary alicyclic amines) is 1. The summed E-state index contributed by atoms with van der Waals surface area (Å²) in [6.45, 7) is 6.49. The number of pyridine rings is 1. The normalized spacial score (nSPS) is 18.1. The van der Waals surface area contributed by atoms with Gasteiger partial charge in [-0.15, -0.1) is 0 Å². The molecule has 1 aliphatic heterocycles. The topological polar surface area (TPSA) is 51.7 Å². The van der Waals surface area contributed by atoms with Crippen molar-refractivity contribution in [2.45, 2.75) is 38.8 Å². The number of amides is 1. The van der Waals surface area contributed by atoms with Crippen LogP contribution in [0.15, 0.2) is 16.7 Å². The van der Waals surface area contributed by atoms with Gasteiger partial charge in [0, 0.05) is 12.6 Å². The van der Waals surface area contributed by atoms with Crippen molar-refractivity contribution in [3.8, 4) is 5.75 Å². The van der Waals surface area contributed by atoms with Crippen LogP contribution < -0.4 is 4.74 Å². The third kappa shape index (κ3) is 4.30. The molecule has 2 rings (SSSR count). The number of aromatic nitrogens is 1. The summed E-state index contributed by atoms with van der Waals surface area (Å²) in [6.07, 6.45) is 1.84.